The Morgan fingerprint density at radius 2 is 1.85 bits per heavy atom. The number of carbonyl (C=O) groups excluding carboxylic acids is 2. The zero-order valence-corrected chi connectivity index (χ0v) is 15.6. The number of hydrogen-bond acceptors (Lipinski definition) is 5. The van der Waals surface area contributed by atoms with E-state index in [1.165, 1.54) is 24.3 Å². The molecule has 1 aromatic carbocycles. The summed E-state index contributed by atoms with van der Waals surface area (Å²) >= 11 is 0. The molecule has 2 aromatic rings. The monoisotopic (exact) mass is 388 g/mol. The predicted molar refractivity (Wildman–Crippen MR) is 98.2 cm³/mol. The van der Waals surface area contributed by atoms with E-state index in [0.29, 0.717) is 12.1 Å². The van der Waals surface area contributed by atoms with Crippen LogP contribution in [0.2, 0.25) is 0 Å². The quantitative estimate of drug-likeness (QED) is 0.803. The number of pyridine rings is 1. The summed E-state index contributed by atoms with van der Waals surface area (Å²) in [6, 6.07) is 9.43. The lowest BCUT2D eigenvalue weighted by molar-refractivity contribution is -0.122. The third kappa shape index (κ3) is 4.32. The van der Waals surface area contributed by atoms with Crippen molar-refractivity contribution >= 4 is 21.8 Å². The average molecular weight is 388 g/mol. The minimum Gasteiger partial charge on any atom is -0.354 e. The van der Waals surface area contributed by atoms with Crippen molar-refractivity contribution in [3.05, 3.63) is 59.9 Å². The molecule has 0 saturated carbocycles. The SMILES string of the molecule is CN(Cc1ccncc1)C(=O)c1ccc(S(=O)(=O)N2CCNC(=O)C2)cc1. The summed E-state index contributed by atoms with van der Waals surface area (Å²) in [5, 5.41) is 2.59. The summed E-state index contributed by atoms with van der Waals surface area (Å²) in [7, 11) is -2.09. The van der Waals surface area contributed by atoms with Gasteiger partial charge < -0.3 is 10.2 Å². The van der Waals surface area contributed by atoms with E-state index in [-0.39, 0.29) is 36.3 Å². The Bertz CT molecular complexity index is 930. The van der Waals surface area contributed by atoms with Crippen LogP contribution in [0, 0.1) is 0 Å². The summed E-state index contributed by atoms with van der Waals surface area (Å²) in [6.07, 6.45) is 3.32. The molecule has 3 rings (SSSR count). The van der Waals surface area contributed by atoms with E-state index in [4.69, 9.17) is 0 Å². The van der Waals surface area contributed by atoms with Crippen LogP contribution in [0.25, 0.3) is 0 Å². The normalized spacial score (nSPS) is 15.2. The fourth-order valence-electron chi connectivity index (χ4n) is 2.79. The molecule has 1 fully saturated rings. The molecule has 0 unspecified atom stereocenters. The number of carbonyl (C=O) groups is 2. The largest absolute Gasteiger partial charge is 0.354 e. The van der Waals surface area contributed by atoms with Gasteiger partial charge in [0.05, 0.1) is 11.4 Å². The van der Waals surface area contributed by atoms with E-state index >= 15 is 0 Å². The Morgan fingerprint density at radius 1 is 1.19 bits per heavy atom. The molecule has 1 N–H and O–H groups in total. The molecule has 0 bridgehead atoms. The molecule has 2 amide bonds. The van der Waals surface area contributed by atoms with Crippen molar-refractivity contribution in [1.82, 2.24) is 19.5 Å². The molecule has 0 atom stereocenters. The van der Waals surface area contributed by atoms with Crippen molar-refractivity contribution in [1.29, 1.82) is 0 Å². The van der Waals surface area contributed by atoms with Gasteiger partial charge in [-0.15, -0.1) is 0 Å². The predicted octanol–water partition coefficient (Wildman–Crippen LogP) is 0.474. The molecule has 1 aromatic heterocycles. The van der Waals surface area contributed by atoms with Crippen LogP contribution in [0.5, 0.6) is 0 Å². The number of nitrogens with zero attached hydrogens (tertiary/aromatic N) is 3. The minimum atomic E-state index is -3.77. The number of sulfonamides is 1. The lowest BCUT2D eigenvalue weighted by Crippen LogP contribution is -2.49. The second-order valence-corrected chi connectivity index (χ2v) is 8.17. The molecule has 8 nitrogen and oxygen atoms in total. The van der Waals surface area contributed by atoms with Crippen LogP contribution in [-0.4, -0.2) is 61.1 Å². The number of rotatable bonds is 5. The van der Waals surface area contributed by atoms with Gasteiger partial charge in [0.2, 0.25) is 15.9 Å². The highest BCUT2D eigenvalue weighted by Crippen LogP contribution is 2.18. The highest BCUT2D eigenvalue weighted by atomic mass is 32.2. The fourth-order valence-corrected chi connectivity index (χ4v) is 4.19. The summed E-state index contributed by atoms with van der Waals surface area (Å²) in [5.74, 6) is -0.539. The first-order valence-electron chi connectivity index (χ1n) is 8.39. The zero-order valence-electron chi connectivity index (χ0n) is 14.8. The third-order valence-electron chi connectivity index (χ3n) is 4.26. The molecule has 2 heterocycles. The molecule has 9 heteroatoms. The molecular formula is C18H20N4O4S. The average Bonchev–Trinajstić information content (AvgIpc) is 2.68. The van der Waals surface area contributed by atoms with E-state index in [0.717, 1.165) is 9.87 Å². The van der Waals surface area contributed by atoms with Crippen LogP contribution in [0.1, 0.15) is 15.9 Å². The molecule has 142 valence electrons. The van der Waals surface area contributed by atoms with Crippen molar-refractivity contribution in [2.45, 2.75) is 11.4 Å². The zero-order chi connectivity index (χ0) is 19.4. The number of piperazine rings is 1. The summed E-state index contributed by atoms with van der Waals surface area (Å²) in [5.41, 5.74) is 1.34. The molecule has 0 spiro atoms. The Labute approximate surface area is 157 Å². The van der Waals surface area contributed by atoms with Gasteiger partial charge in [0.25, 0.3) is 5.91 Å². The molecule has 0 aliphatic carbocycles. The highest BCUT2D eigenvalue weighted by Gasteiger charge is 2.29. The van der Waals surface area contributed by atoms with Crippen molar-refractivity contribution < 1.29 is 18.0 Å². The Hall–Kier alpha value is -2.78. The number of benzene rings is 1. The van der Waals surface area contributed by atoms with Crippen LogP contribution in [0.4, 0.5) is 0 Å². The van der Waals surface area contributed by atoms with Gasteiger partial charge in [-0.2, -0.15) is 4.31 Å². The lowest BCUT2D eigenvalue weighted by atomic mass is 10.2. The molecule has 1 aliphatic rings. The number of aromatic nitrogens is 1. The second kappa shape index (κ2) is 7.85. The summed E-state index contributed by atoms with van der Waals surface area (Å²) < 4.78 is 26.4. The molecule has 1 saturated heterocycles. The smallest absolute Gasteiger partial charge is 0.253 e. The second-order valence-electron chi connectivity index (χ2n) is 6.23. The van der Waals surface area contributed by atoms with Crippen LogP contribution < -0.4 is 5.32 Å². The molecule has 0 radical (unpaired) electrons. The number of nitrogens with one attached hydrogen (secondary N) is 1. The summed E-state index contributed by atoms with van der Waals surface area (Å²) in [4.78, 5) is 29.6. The standard InChI is InChI=1S/C18H20N4O4S/c1-21(12-14-6-8-19-9-7-14)18(24)15-2-4-16(5-3-15)27(25,26)22-11-10-20-17(23)13-22/h2-9H,10-13H2,1H3,(H,20,23). The number of amides is 2. The molecular weight excluding hydrogens is 368 g/mol. The van der Waals surface area contributed by atoms with Gasteiger partial charge in [-0.3, -0.25) is 14.6 Å². The fraction of sp³-hybridized carbons (Fsp3) is 0.278. The van der Waals surface area contributed by atoms with Crippen LogP contribution in [0.15, 0.2) is 53.7 Å². The Balaban J connectivity index is 1.72. The van der Waals surface area contributed by atoms with Gasteiger partial charge in [-0.05, 0) is 42.0 Å². The first-order chi connectivity index (χ1) is 12.9. The maximum atomic E-state index is 12.6. The van der Waals surface area contributed by atoms with Crippen molar-refractivity contribution in [2.24, 2.45) is 0 Å². The van der Waals surface area contributed by atoms with Crippen molar-refractivity contribution in [3.8, 4) is 0 Å². The first kappa shape index (κ1) is 19.0. The first-order valence-corrected chi connectivity index (χ1v) is 9.83. The van der Waals surface area contributed by atoms with E-state index in [1.54, 1.807) is 24.3 Å². The maximum absolute atomic E-state index is 12.6. The summed E-state index contributed by atoms with van der Waals surface area (Å²) in [6.45, 7) is 0.736. The van der Waals surface area contributed by atoms with Crippen LogP contribution in [0.3, 0.4) is 0 Å². The van der Waals surface area contributed by atoms with Gasteiger partial charge in [-0.1, -0.05) is 0 Å². The van der Waals surface area contributed by atoms with Gasteiger partial charge in [-0.25, -0.2) is 8.42 Å². The van der Waals surface area contributed by atoms with Crippen molar-refractivity contribution in [2.75, 3.05) is 26.7 Å². The minimum absolute atomic E-state index is 0.0607. The van der Waals surface area contributed by atoms with Crippen molar-refractivity contribution in [3.63, 3.8) is 0 Å². The van der Waals surface area contributed by atoms with E-state index in [1.807, 2.05) is 12.1 Å². The molecule has 1 aliphatic heterocycles. The van der Waals surface area contributed by atoms with Crippen LogP contribution in [-0.2, 0) is 21.4 Å². The Kier molecular flexibility index (Phi) is 5.52. The van der Waals surface area contributed by atoms with Crippen LogP contribution >= 0.6 is 0 Å². The van der Waals surface area contributed by atoms with Gasteiger partial charge in [0.1, 0.15) is 0 Å². The van der Waals surface area contributed by atoms with E-state index in [2.05, 4.69) is 10.3 Å². The third-order valence-corrected chi connectivity index (χ3v) is 6.12. The number of hydrogen-bond donors (Lipinski definition) is 1. The van der Waals surface area contributed by atoms with Gasteiger partial charge >= 0.3 is 0 Å². The Morgan fingerprint density at radius 3 is 2.48 bits per heavy atom. The maximum Gasteiger partial charge on any atom is 0.253 e. The lowest BCUT2D eigenvalue weighted by Gasteiger charge is -2.26. The topological polar surface area (TPSA) is 99.7 Å². The molecule has 27 heavy (non-hydrogen) atoms. The van der Waals surface area contributed by atoms with Gasteiger partial charge in [0, 0.05) is 44.6 Å². The van der Waals surface area contributed by atoms with E-state index in [9.17, 15) is 18.0 Å². The van der Waals surface area contributed by atoms with Gasteiger partial charge in [0.15, 0.2) is 0 Å². The van der Waals surface area contributed by atoms with E-state index < -0.39 is 10.0 Å². The highest BCUT2D eigenvalue weighted by molar-refractivity contribution is 7.89.